The Labute approximate surface area is 196 Å². The highest BCUT2D eigenvalue weighted by Crippen LogP contribution is 2.44. The number of nitrogens with zero attached hydrogens (tertiary/aromatic N) is 1. The van der Waals surface area contributed by atoms with Gasteiger partial charge in [-0.05, 0) is 50.3 Å². The number of aromatic nitrogens is 1. The molecule has 0 radical (unpaired) electrons. The Kier molecular flexibility index (Phi) is 7.07. The minimum Gasteiger partial charge on any atom is -0.618 e. The summed E-state index contributed by atoms with van der Waals surface area (Å²) < 4.78 is 65.4. The molecule has 1 atom stereocenters. The Morgan fingerprint density at radius 2 is 1.88 bits per heavy atom. The zero-order valence-electron chi connectivity index (χ0n) is 18.6. The van der Waals surface area contributed by atoms with E-state index in [9.17, 15) is 22.4 Å². The average molecular weight is 497 g/mol. The van der Waals surface area contributed by atoms with Crippen LogP contribution in [0.4, 0.5) is 10.1 Å². The standard InChI is InChI=1S/C23H29FN2O5S2/c1-2-33(30,31)16-12-13-19(24)18(14-16)21-17-10-6-7-11-20(17)26(27)23(22(21)25-32(28)29)15-8-4-3-5-9-15/h12-15,25H,2-11H2,1H3,(H,28,29). The quantitative estimate of drug-likeness (QED) is 0.267. The number of benzene rings is 1. The van der Waals surface area contributed by atoms with Crippen LogP contribution >= 0.6 is 0 Å². The fourth-order valence-corrected chi connectivity index (χ4v) is 6.49. The van der Waals surface area contributed by atoms with Crippen molar-refractivity contribution in [3.05, 3.63) is 46.2 Å². The van der Waals surface area contributed by atoms with E-state index in [-0.39, 0.29) is 27.8 Å². The van der Waals surface area contributed by atoms with Crippen molar-refractivity contribution in [3.8, 4) is 11.1 Å². The minimum absolute atomic E-state index is 0.0138. The molecular formula is C23H29FN2O5S2. The summed E-state index contributed by atoms with van der Waals surface area (Å²) in [5, 5.41) is 13.6. The first-order chi connectivity index (χ1) is 15.7. The van der Waals surface area contributed by atoms with Crippen molar-refractivity contribution in [1.82, 2.24) is 0 Å². The van der Waals surface area contributed by atoms with E-state index in [1.807, 2.05) is 0 Å². The lowest BCUT2D eigenvalue weighted by Crippen LogP contribution is -2.42. The summed E-state index contributed by atoms with van der Waals surface area (Å²) in [5.41, 5.74) is 2.04. The van der Waals surface area contributed by atoms with Gasteiger partial charge in [0.2, 0.25) is 5.69 Å². The van der Waals surface area contributed by atoms with Crippen molar-refractivity contribution in [2.45, 2.75) is 75.5 Å². The van der Waals surface area contributed by atoms with Crippen LogP contribution in [0.1, 0.15) is 74.7 Å². The third-order valence-corrected chi connectivity index (χ3v) is 8.95. The van der Waals surface area contributed by atoms with Crippen LogP contribution < -0.4 is 9.45 Å². The van der Waals surface area contributed by atoms with Gasteiger partial charge >= 0.3 is 0 Å². The summed E-state index contributed by atoms with van der Waals surface area (Å²) in [7, 11) is -3.60. The predicted octanol–water partition coefficient (Wildman–Crippen LogP) is 4.39. The van der Waals surface area contributed by atoms with Crippen LogP contribution in [0.2, 0.25) is 0 Å². The SMILES string of the molecule is CCS(=O)(=O)c1ccc(F)c(-c2c3c([n+]([O-])c(C4CCCCC4)c2NS(=O)O)CCCC3)c1. The van der Waals surface area contributed by atoms with Crippen molar-refractivity contribution >= 4 is 26.8 Å². The lowest BCUT2D eigenvalue weighted by atomic mass is 9.81. The molecule has 1 aromatic heterocycles. The number of fused-ring (bicyclic) bond motifs is 1. The topological polar surface area (TPSA) is 110 Å². The number of sulfone groups is 1. The molecule has 1 unspecified atom stereocenters. The molecule has 0 bridgehead atoms. The van der Waals surface area contributed by atoms with Gasteiger partial charge in [0.15, 0.2) is 15.5 Å². The molecule has 1 heterocycles. The van der Waals surface area contributed by atoms with E-state index in [0.717, 1.165) is 55.7 Å². The van der Waals surface area contributed by atoms with Crippen LogP contribution in [0.25, 0.3) is 11.1 Å². The summed E-state index contributed by atoms with van der Waals surface area (Å²) in [6.45, 7) is 1.52. The maximum atomic E-state index is 15.3. The van der Waals surface area contributed by atoms with Crippen LogP contribution in [-0.2, 0) is 33.9 Å². The van der Waals surface area contributed by atoms with E-state index >= 15 is 4.39 Å². The third kappa shape index (κ3) is 4.65. The Morgan fingerprint density at radius 1 is 1.18 bits per heavy atom. The highest BCUT2D eigenvalue weighted by atomic mass is 32.2. The zero-order valence-corrected chi connectivity index (χ0v) is 20.2. The van der Waals surface area contributed by atoms with E-state index in [2.05, 4.69) is 4.72 Å². The van der Waals surface area contributed by atoms with Gasteiger partial charge in [0, 0.05) is 29.0 Å². The van der Waals surface area contributed by atoms with Crippen LogP contribution in [-0.4, -0.2) is 22.9 Å². The molecule has 1 fully saturated rings. The van der Waals surface area contributed by atoms with Gasteiger partial charge in [-0.25, -0.2) is 17.0 Å². The Morgan fingerprint density at radius 3 is 2.55 bits per heavy atom. The third-order valence-electron chi connectivity index (χ3n) is 6.84. The smallest absolute Gasteiger partial charge is 0.259 e. The summed E-state index contributed by atoms with van der Waals surface area (Å²) in [4.78, 5) is -0.0138. The molecule has 33 heavy (non-hydrogen) atoms. The van der Waals surface area contributed by atoms with Crippen LogP contribution in [0.15, 0.2) is 23.1 Å². The molecule has 1 aromatic carbocycles. The first kappa shape index (κ1) is 24.1. The number of hydrogen-bond donors (Lipinski definition) is 2. The molecule has 2 aliphatic carbocycles. The second-order valence-corrected chi connectivity index (χ2v) is 11.8. The number of nitrogens with one attached hydrogen (secondary N) is 1. The normalized spacial score (nSPS) is 18.0. The molecule has 2 aromatic rings. The van der Waals surface area contributed by atoms with Crippen LogP contribution in [0.3, 0.4) is 0 Å². The highest BCUT2D eigenvalue weighted by Gasteiger charge is 2.36. The number of rotatable bonds is 6. The van der Waals surface area contributed by atoms with Crippen molar-refractivity contribution < 1.29 is 26.3 Å². The molecule has 0 saturated heterocycles. The van der Waals surface area contributed by atoms with Gasteiger partial charge in [0.25, 0.3) is 11.3 Å². The van der Waals surface area contributed by atoms with Gasteiger partial charge in [-0.15, -0.1) is 0 Å². The monoisotopic (exact) mass is 496 g/mol. The van der Waals surface area contributed by atoms with Gasteiger partial charge in [0.05, 0.1) is 10.6 Å². The van der Waals surface area contributed by atoms with Gasteiger partial charge in [0.1, 0.15) is 11.5 Å². The number of hydrogen-bond acceptors (Lipinski definition) is 4. The molecule has 1 saturated carbocycles. The molecule has 10 heteroatoms. The van der Waals surface area contributed by atoms with E-state index < -0.39 is 26.9 Å². The van der Waals surface area contributed by atoms with E-state index in [1.165, 1.54) is 19.1 Å². The molecule has 7 nitrogen and oxygen atoms in total. The molecule has 0 spiro atoms. The maximum Gasteiger partial charge on any atom is 0.259 e. The fraction of sp³-hybridized carbons (Fsp3) is 0.522. The molecule has 4 rings (SSSR count). The Balaban J connectivity index is 2.07. The van der Waals surface area contributed by atoms with Crippen molar-refractivity contribution in [2.75, 3.05) is 10.5 Å². The molecule has 180 valence electrons. The van der Waals surface area contributed by atoms with Crippen molar-refractivity contribution in [2.24, 2.45) is 0 Å². The first-order valence-corrected chi connectivity index (χ1v) is 14.2. The summed E-state index contributed by atoms with van der Waals surface area (Å²) in [6.07, 6.45) is 7.13. The molecule has 2 N–H and O–H groups in total. The fourth-order valence-electron chi connectivity index (χ4n) is 5.20. The largest absolute Gasteiger partial charge is 0.618 e. The van der Waals surface area contributed by atoms with Crippen molar-refractivity contribution in [3.63, 3.8) is 0 Å². The predicted molar refractivity (Wildman–Crippen MR) is 125 cm³/mol. The lowest BCUT2D eigenvalue weighted by Gasteiger charge is -2.29. The number of pyridine rings is 1. The summed E-state index contributed by atoms with van der Waals surface area (Å²) >= 11 is -2.50. The maximum absolute atomic E-state index is 15.3. The van der Waals surface area contributed by atoms with E-state index in [0.29, 0.717) is 35.4 Å². The van der Waals surface area contributed by atoms with Gasteiger partial charge in [-0.3, -0.25) is 9.27 Å². The lowest BCUT2D eigenvalue weighted by molar-refractivity contribution is -0.624. The first-order valence-electron chi connectivity index (χ1n) is 11.5. The van der Waals surface area contributed by atoms with E-state index in [4.69, 9.17) is 0 Å². The molecule has 0 aliphatic heterocycles. The molecular weight excluding hydrogens is 467 g/mol. The Hall–Kier alpha value is -2.04. The van der Waals surface area contributed by atoms with Gasteiger partial charge in [-0.1, -0.05) is 26.2 Å². The number of halogens is 1. The number of anilines is 1. The van der Waals surface area contributed by atoms with Gasteiger partial charge < -0.3 is 5.21 Å². The van der Waals surface area contributed by atoms with E-state index in [1.54, 1.807) is 0 Å². The van der Waals surface area contributed by atoms with Crippen molar-refractivity contribution in [1.29, 1.82) is 0 Å². The molecule has 2 aliphatic rings. The van der Waals surface area contributed by atoms with Crippen LogP contribution in [0.5, 0.6) is 0 Å². The summed E-state index contributed by atoms with van der Waals surface area (Å²) in [6, 6.07) is 3.65. The zero-order chi connectivity index (χ0) is 23.8. The average Bonchev–Trinajstić information content (AvgIpc) is 2.80. The second-order valence-electron chi connectivity index (χ2n) is 8.79. The van der Waals surface area contributed by atoms with Crippen LogP contribution in [0, 0.1) is 11.0 Å². The minimum atomic E-state index is -3.60. The summed E-state index contributed by atoms with van der Waals surface area (Å²) in [5.74, 6) is -0.897. The molecule has 0 amide bonds. The Bertz CT molecular complexity index is 1190. The van der Waals surface area contributed by atoms with Gasteiger partial charge in [-0.2, -0.15) is 4.73 Å². The second kappa shape index (κ2) is 9.68. The highest BCUT2D eigenvalue weighted by molar-refractivity contribution is 7.91.